The van der Waals surface area contributed by atoms with Crippen molar-refractivity contribution in [2.75, 3.05) is 0 Å². The minimum absolute atomic E-state index is 0.163. The number of nitrogens with one attached hydrogen (secondary N) is 1. The van der Waals surface area contributed by atoms with E-state index in [2.05, 4.69) is 8.28 Å². The number of hydrogen-bond acceptors (Lipinski definition) is 9. The smallest absolute Gasteiger partial charge is 0.318 e. The van der Waals surface area contributed by atoms with Crippen LogP contribution in [0.1, 0.15) is 41.5 Å². The molecule has 0 radical (unpaired) electrons. The molecule has 0 heterocycles. The molecule has 0 saturated carbocycles. The molecule has 0 bridgehead atoms. The fourth-order valence-electron chi connectivity index (χ4n) is 0.481. The van der Waals surface area contributed by atoms with E-state index in [-0.39, 0.29) is 9.49 Å². The van der Waals surface area contributed by atoms with Crippen molar-refractivity contribution in [1.82, 2.24) is 0 Å². The van der Waals surface area contributed by atoms with Crippen LogP contribution in [-0.4, -0.2) is 19.3 Å². The molecule has 2 atom stereocenters. The van der Waals surface area contributed by atoms with Gasteiger partial charge in [-0.15, -0.1) is 0 Å². The van der Waals surface area contributed by atoms with Gasteiger partial charge in [-0.25, -0.2) is 17.7 Å². The van der Waals surface area contributed by atoms with Gasteiger partial charge in [0.15, 0.2) is 0 Å². The van der Waals surface area contributed by atoms with E-state index in [1.165, 1.54) is 21.6 Å². The van der Waals surface area contributed by atoms with Crippen molar-refractivity contribution in [1.29, 1.82) is 5.16 Å². The Labute approximate surface area is 142 Å². The molecule has 7 nitrogen and oxygen atoms in total. The van der Waals surface area contributed by atoms with Crippen LogP contribution in [-0.2, 0) is 16.8 Å². The lowest BCUT2D eigenvalue weighted by molar-refractivity contribution is 0.280. The lowest BCUT2D eigenvalue weighted by Gasteiger charge is -2.20. The minimum Gasteiger partial charge on any atom is -0.318 e. The van der Waals surface area contributed by atoms with E-state index in [1.54, 1.807) is 0 Å². The van der Waals surface area contributed by atoms with Gasteiger partial charge in [0, 0.05) is 9.49 Å². The summed E-state index contributed by atoms with van der Waals surface area (Å²) in [6.07, 6.45) is 0. The van der Waals surface area contributed by atoms with Crippen molar-refractivity contribution >= 4 is 59.3 Å². The maximum absolute atomic E-state index is 11.6. The van der Waals surface area contributed by atoms with Gasteiger partial charge in [-0.1, -0.05) is 63.1 Å². The predicted octanol–water partition coefficient (Wildman–Crippen LogP) is 5.84. The molecule has 0 aromatic heterocycles. The van der Waals surface area contributed by atoms with Crippen molar-refractivity contribution in [3.8, 4) is 0 Å². The van der Waals surface area contributed by atoms with Gasteiger partial charge < -0.3 is 9.79 Å². The van der Waals surface area contributed by atoms with Gasteiger partial charge in [0.25, 0.3) is 0 Å². The fraction of sp³-hybridized carbons (Fsp3) is 1.00. The molecule has 0 aromatic carbocycles. The molecule has 21 heavy (non-hydrogen) atoms. The van der Waals surface area contributed by atoms with E-state index in [1.807, 2.05) is 41.5 Å². The van der Waals surface area contributed by atoms with E-state index in [0.717, 1.165) is 11.1 Å². The van der Waals surface area contributed by atoms with E-state index in [4.69, 9.17) is 9.13 Å². The van der Waals surface area contributed by atoms with E-state index >= 15 is 0 Å². The van der Waals surface area contributed by atoms with Crippen LogP contribution in [0.3, 0.4) is 0 Å². The summed E-state index contributed by atoms with van der Waals surface area (Å²) in [7, 11) is -6.32. The molecule has 0 fully saturated rings. The summed E-state index contributed by atoms with van der Waals surface area (Å²) in [6.45, 7) is 11.4. The molecule has 128 valence electrons. The second-order valence-corrected chi connectivity index (χ2v) is 14.4. The van der Waals surface area contributed by atoms with E-state index in [9.17, 15) is 14.4 Å². The highest BCUT2D eigenvalue weighted by Gasteiger charge is 2.34. The zero-order valence-corrected chi connectivity index (χ0v) is 17.6. The lowest BCUT2D eigenvalue weighted by Crippen LogP contribution is -2.04. The van der Waals surface area contributed by atoms with Gasteiger partial charge >= 0.3 is 15.6 Å². The molecule has 13 heteroatoms. The quantitative estimate of drug-likeness (QED) is 0.253. The van der Waals surface area contributed by atoms with Crippen LogP contribution in [0.5, 0.6) is 0 Å². The number of hydrogen-bond donors (Lipinski definition) is 3. The fourth-order valence-corrected chi connectivity index (χ4v) is 6.80. The first-order chi connectivity index (χ1) is 9.12. The number of rotatable bonds is 8. The van der Waals surface area contributed by atoms with Crippen molar-refractivity contribution in [3.05, 3.63) is 0 Å². The summed E-state index contributed by atoms with van der Waals surface area (Å²) >= 11 is 1.41. The highest BCUT2D eigenvalue weighted by molar-refractivity contribution is 8.76. The molecule has 0 aliphatic carbocycles. The number of phosphoric acid groups is 1. The van der Waals surface area contributed by atoms with Crippen LogP contribution in [0.2, 0.25) is 0 Å². The van der Waals surface area contributed by atoms with Crippen LogP contribution >= 0.6 is 59.3 Å². The standard InChI is InChI=1S/C8H21NO6P2S4/c1-7(2,3)18-20-14-16(9,10)13-17(11,12)15-21-19-8(4,5)6/h1-6H3,(H2,9,10)(H,11,12). The molecule has 3 N–H and O–H groups in total. The third kappa shape index (κ3) is 15.0. The molecule has 0 rings (SSSR count). The van der Waals surface area contributed by atoms with E-state index < -0.39 is 15.6 Å². The zero-order valence-electron chi connectivity index (χ0n) is 12.6. The highest BCUT2D eigenvalue weighted by atomic mass is 33.1. The van der Waals surface area contributed by atoms with Crippen molar-refractivity contribution < 1.29 is 26.6 Å². The molecule has 0 aliphatic rings. The molecular formula is C8H21NO6P2S4. The summed E-state index contributed by atoms with van der Waals surface area (Å²) in [5.41, 5.74) is 0. The molecular weight excluding hydrogens is 396 g/mol. The SMILES string of the molecule is CC(C)(C)SSOP(=N)(O)OP(=O)(O)OSSC(C)(C)C. The summed E-state index contributed by atoms with van der Waals surface area (Å²) in [6, 6.07) is 0. The highest BCUT2D eigenvalue weighted by Crippen LogP contribution is 2.65. The van der Waals surface area contributed by atoms with Crippen molar-refractivity contribution in [2.24, 2.45) is 0 Å². The minimum atomic E-state index is -4.57. The topological polar surface area (TPSA) is 109 Å². The first kappa shape index (κ1) is 22.7. The third-order valence-corrected chi connectivity index (χ3v) is 10.4. The Kier molecular flexibility index (Phi) is 9.35. The van der Waals surface area contributed by atoms with Crippen LogP contribution in [0.4, 0.5) is 0 Å². The Hall–Kier alpha value is 1.66. The van der Waals surface area contributed by atoms with Crippen LogP contribution in [0.25, 0.3) is 0 Å². The Morgan fingerprint density at radius 1 is 0.905 bits per heavy atom. The summed E-state index contributed by atoms with van der Waals surface area (Å²) < 4.78 is 25.0. The van der Waals surface area contributed by atoms with Crippen LogP contribution < -0.4 is 0 Å². The molecule has 0 amide bonds. The van der Waals surface area contributed by atoms with Crippen molar-refractivity contribution in [2.45, 2.75) is 51.0 Å². The summed E-state index contributed by atoms with van der Waals surface area (Å²) in [5, 5.41) is 7.41. The van der Waals surface area contributed by atoms with E-state index in [0.29, 0.717) is 11.1 Å². The Morgan fingerprint density at radius 2 is 1.29 bits per heavy atom. The maximum atomic E-state index is 11.6. The zero-order chi connectivity index (χ0) is 16.9. The van der Waals surface area contributed by atoms with Gasteiger partial charge in [-0.3, -0.25) is 0 Å². The Bertz CT molecular complexity index is 386. The molecule has 2 unspecified atom stereocenters. The van der Waals surface area contributed by atoms with Gasteiger partial charge in [0.2, 0.25) is 0 Å². The molecule has 0 saturated heterocycles. The van der Waals surface area contributed by atoms with Gasteiger partial charge in [0.05, 0.1) is 22.1 Å². The largest absolute Gasteiger partial charge is 0.492 e. The average Bonchev–Trinajstić information content (AvgIpc) is 2.09. The average molecular weight is 417 g/mol. The third-order valence-electron chi connectivity index (χ3n) is 1.04. The van der Waals surface area contributed by atoms with Crippen LogP contribution in [0, 0.1) is 5.16 Å². The molecule has 0 spiro atoms. The lowest BCUT2D eigenvalue weighted by atomic mass is 10.3. The monoisotopic (exact) mass is 417 g/mol. The normalized spacial score (nSPS) is 19.0. The van der Waals surface area contributed by atoms with Gasteiger partial charge in [-0.2, -0.15) is 4.31 Å². The molecule has 0 aromatic rings. The second kappa shape index (κ2) is 8.67. The predicted molar refractivity (Wildman–Crippen MR) is 94.8 cm³/mol. The Morgan fingerprint density at radius 3 is 1.67 bits per heavy atom. The van der Waals surface area contributed by atoms with Gasteiger partial charge in [-0.05, 0) is 0 Å². The first-order valence-corrected chi connectivity index (χ1v) is 12.8. The van der Waals surface area contributed by atoms with Crippen molar-refractivity contribution in [3.63, 3.8) is 0 Å². The first-order valence-electron chi connectivity index (χ1n) is 5.61. The Balaban J connectivity index is 4.29. The summed E-state index contributed by atoms with van der Waals surface area (Å²) in [4.78, 5) is 19.0. The second-order valence-electron chi connectivity index (χ2n) is 5.75. The molecule has 0 aliphatic heterocycles. The van der Waals surface area contributed by atoms with Crippen LogP contribution in [0.15, 0.2) is 0 Å². The maximum Gasteiger partial charge on any atom is 0.492 e. The van der Waals surface area contributed by atoms with Gasteiger partial charge in [0.1, 0.15) is 0 Å². The summed E-state index contributed by atoms with van der Waals surface area (Å²) in [5.74, 6) is 0.